The van der Waals surface area contributed by atoms with Crippen molar-refractivity contribution in [2.75, 3.05) is 18.5 Å². The first-order valence-electron chi connectivity index (χ1n) is 8.97. The number of amides is 1. The fourth-order valence-corrected chi connectivity index (χ4v) is 3.26. The number of carbonyl (C=O) groups is 1. The van der Waals surface area contributed by atoms with E-state index in [4.69, 9.17) is 9.47 Å². The maximum Gasteiger partial charge on any atom is 0.280 e. The van der Waals surface area contributed by atoms with E-state index >= 15 is 0 Å². The smallest absolute Gasteiger partial charge is 0.280 e. The molecule has 1 N–H and O–H groups in total. The van der Waals surface area contributed by atoms with Gasteiger partial charge in [0.15, 0.2) is 17.1 Å². The van der Waals surface area contributed by atoms with Crippen LogP contribution in [0.3, 0.4) is 0 Å². The van der Waals surface area contributed by atoms with E-state index in [-0.39, 0.29) is 16.7 Å². The molecule has 11 heteroatoms. The van der Waals surface area contributed by atoms with Gasteiger partial charge in [0.1, 0.15) is 25.5 Å². The van der Waals surface area contributed by atoms with Gasteiger partial charge in [-0.1, -0.05) is 0 Å². The molecule has 4 rings (SSSR count). The molecule has 1 aromatic carbocycles. The number of rotatable bonds is 5. The molecule has 0 aliphatic carbocycles. The Balaban J connectivity index is 1.62. The molecule has 0 unspecified atom stereocenters. The van der Waals surface area contributed by atoms with Crippen LogP contribution in [0.4, 0.5) is 23.2 Å². The van der Waals surface area contributed by atoms with Crippen LogP contribution in [-0.4, -0.2) is 33.9 Å². The van der Waals surface area contributed by atoms with Crippen LogP contribution in [0.2, 0.25) is 0 Å². The second kappa shape index (κ2) is 7.81. The van der Waals surface area contributed by atoms with Gasteiger partial charge in [0.25, 0.3) is 12.9 Å². The minimum absolute atomic E-state index is 0.0403. The van der Waals surface area contributed by atoms with Crippen LogP contribution in [0.25, 0.3) is 11.0 Å². The van der Waals surface area contributed by atoms with Crippen molar-refractivity contribution in [3.8, 4) is 11.5 Å². The summed E-state index contributed by atoms with van der Waals surface area (Å²) in [5, 5.41) is 6.65. The van der Waals surface area contributed by atoms with Crippen LogP contribution >= 0.6 is 0 Å². The van der Waals surface area contributed by atoms with E-state index in [1.165, 1.54) is 6.92 Å². The predicted molar refractivity (Wildman–Crippen MR) is 98.2 cm³/mol. The van der Waals surface area contributed by atoms with E-state index in [0.29, 0.717) is 36.5 Å². The lowest BCUT2D eigenvalue weighted by molar-refractivity contribution is -0.116. The fraction of sp³-hybridized carbons (Fsp3) is 0.316. The van der Waals surface area contributed by atoms with Gasteiger partial charge in [-0.15, -0.1) is 0 Å². The van der Waals surface area contributed by atoms with E-state index in [0.717, 1.165) is 4.68 Å². The third kappa shape index (κ3) is 3.74. The Morgan fingerprint density at radius 2 is 1.87 bits per heavy atom. The second-order valence-electron chi connectivity index (χ2n) is 6.59. The maximum atomic E-state index is 13.4. The molecule has 1 amide bonds. The first-order valence-corrected chi connectivity index (χ1v) is 8.97. The Morgan fingerprint density at radius 1 is 1.13 bits per heavy atom. The highest BCUT2D eigenvalue weighted by Gasteiger charge is 2.24. The summed E-state index contributed by atoms with van der Waals surface area (Å²) in [4.78, 5) is 16.2. The number of anilines is 1. The summed E-state index contributed by atoms with van der Waals surface area (Å²) < 4.78 is 65.0. The van der Waals surface area contributed by atoms with Crippen molar-refractivity contribution in [2.24, 2.45) is 0 Å². The van der Waals surface area contributed by atoms with E-state index < -0.39 is 36.6 Å². The Kier molecular flexibility index (Phi) is 5.18. The number of nitrogens with zero attached hydrogens (tertiary/aromatic N) is 3. The highest BCUT2D eigenvalue weighted by atomic mass is 19.3. The largest absolute Gasteiger partial charge is 0.486 e. The fourth-order valence-electron chi connectivity index (χ4n) is 3.26. The summed E-state index contributed by atoms with van der Waals surface area (Å²) in [6.07, 6.45) is -6.03. The zero-order valence-electron chi connectivity index (χ0n) is 15.7. The third-order valence-corrected chi connectivity index (χ3v) is 4.51. The molecule has 7 nitrogen and oxygen atoms in total. The number of fused-ring (bicyclic) bond motifs is 2. The summed E-state index contributed by atoms with van der Waals surface area (Å²) >= 11 is 0. The molecular formula is C19H16F4N4O3. The van der Waals surface area contributed by atoms with Crippen LogP contribution in [0.1, 0.15) is 29.8 Å². The maximum absolute atomic E-state index is 13.4. The summed E-state index contributed by atoms with van der Waals surface area (Å²) in [6.45, 7) is 1.86. The Labute approximate surface area is 167 Å². The number of hydrogen-bond donors (Lipinski definition) is 1. The van der Waals surface area contributed by atoms with Crippen molar-refractivity contribution in [2.45, 2.75) is 26.3 Å². The van der Waals surface area contributed by atoms with Crippen LogP contribution in [-0.2, 0) is 11.3 Å². The van der Waals surface area contributed by atoms with Gasteiger partial charge >= 0.3 is 0 Å². The summed E-state index contributed by atoms with van der Waals surface area (Å²) in [5.74, 6) is 0.486. The zero-order valence-corrected chi connectivity index (χ0v) is 15.7. The first-order chi connectivity index (χ1) is 14.3. The predicted octanol–water partition coefficient (Wildman–Crippen LogP) is 4.02. The molecule has 0 atom stereocenters. The molecule has 158 valence electrons. The number of nitrogens with one attached hydrogen (secondary N) is 1. The van der Waals surface area contributed by atoms with E-state index in [2.05, 4.69) is 15.4 Å². The van der Waals surface area contributed by atoms with Gasteiger partial charge in [0, 0.05) is 17.3 Å². The zero-order chi connectivity index (χ0) is 21.4. The van der Waals surface area contributed by atoms with Gasteiger partial charge in [-0.2, -0.15) is 5.10 Å². The molecule has 30 heavy (non-hydrogen) atoms. The summed E-state index contributed by atoms with van der Waals surface area (Å²) in [6, 6.07) is 5.51. The number of hydrogen-bond acceptors (Lipinski definition) is 5. The molecule has 0 fully saturated rings. The molecule has 3 aromatic rings. The summed E-state index contributed by atoms with van der Waals surface area (Å²) in [5.41, 5.74) is -0.997. The van der Waals surface area contributed by atoms with Crippen molar-refractivity contribution in [1.82, 2.24) is 14.8 Å². The highest BCUT2D eigenvalue weighted by Crippen LogP contribution is 2.34. The number of carbonyl (C=O) groups excluding carboxylic acids is 1. The third-order valence-electron chi connectivity index (χ3n) is 4.51. The lowest BCUT2D eigenvalue weighted by Gasteiger charge is -2.19. The average Bonchev–Trinajstić information content (AvgIpc) is 3.02. The highest BCUT2D eigenvalue weighted by molar-refractivity contribution is 5.92. The van der Waals surface area contributed by atoms with Crippen molar-refractivity contribution < 1.29 is 31.8 Å². The van der Waals surface area contributed by atoms with Crippen LogP contribution in [0.15, 0.2) is 24.3 Å². The Morgan fingerprint density at radius 3 is 2.57 bits per heavy atom. The topological polar surface area (TPSA) is 78.3 Å². The quantitative estimate of drug-likeness (QED) is 0.626. The number of pyridine rings is 1. The Hall–Kier alpha value is -3.37. The standard InChI is InChI=1S/C19H16F4N4O3/c1-9-16-11(17(20)21)7-12(18(22)23)25-19(16)27(26-9)8-15(28)24-10-2-3-13-14(6-10)30-5-4-29-13/h2-3,6-7,17-18H,4-5,8H2,1H3,(H,24,28). The molecule has 0 saturated heterocycles. The van der Waals surface area contributed by atoms with Gasteiger partial charge < -0.3 is 14.8 Å². The number of halogens is 4. The molecular weight excluding hydrogens is 408 g/mol. The molecule has 2 aromatic heterocycles. The van der Waals surface area contributed by atoms with Crippen LogP contribution < -0.4 is 14.8 Å². The van der Waals surface area contributed by atoms with Gasteiger partial charge in [-0.3, -0.25) is 4.79 Å². The number of aromatic nitrogens is 3. The first kappa shape index (κ1) is 19.9. The molecule has 0 bridgehead atoms. The lowest BCUT2D eigenvalue weighted by atomic mass is 10.1. The van der Waals surface area contributed by atoms with Crippen molar-refractivity contribution in [3.05, 3.63) is 41.2 Å². The number of benzene rings is 1. The minimum Gasteiger partial charge on any atom is -0.486 e. The lowest BCUT2D eigenvalue weighted by Crippen LogP contribution is -2.20. The van der Waals surface area contributed by atoms with Crippen LogP contribution in [0.5, 0.6) is 11.5 Å². The second-order valence-corrected chi connectivity index (χ2v) is 6.59. The number of ether oxygens (including phenoxy) is 2. The molecule has 0 spiro atoms. The number of aryl methyl sites for hydroxylation is 1. The number of alkyl halides is 4. The molecule has 0 saturated carbocycles. The van der Waals surface area contributed by atoms with Gasteiger partial charge in [0.05, 0.1) is 11.1 Å². The van der Waals surface area contributed by atoms with E-state index in [1.807, 2.05) is 0 Å². The van der Waals surface area contributed by atoms with Crippen molar-refractivity contribution in [1.29, 1.82) is 0 Å². The van der Waals surface area contributed by atoms with Gasteiger partial charge in [-0.25, -0.2) is 27.2 Å². The van der Waals surface area contributed by atoms with E-state index in [1.54, 1.807) is 18.2 Å². The molecule has 1 aliphatic rings. The van der Waals surface area contributed by atoms with Crippen LogP contribution in [0, 0.1) is 6.92 Å². The van der Waals surface area contributed by atoms with Gasteiger partial charge in [-0.05, 0) is 25.1 Å². The van der Waals surface area contributed by atoms with Crippen molar-refractivity contribution in [3.63, 3.8) is 0 Å². The average molecular weight is 424 g/mol. The molecule has 1 aliphatic heterocycles. The SMILES string of the molecule is Cc1nn(CC(=O)Nc2ccc3c(c2)OCCO3)c2nc(C(F)F)cc(C(F)F)c12. The minimum atomic E-state index is -3.04. The Bertz CT molecular complexity index is 1120. The molecule has 3 heterocycles. The monoisotopic (exact) mass is 424 g/mol. The summed E-state index contributed by atoms with van der Waals surface area (Å²) in [7, 11) is 0. The normalized spacial score (nSPS) is 13.3. The molecule has 0 radical (unpaired) electrons. The van der Waals surface area contributed by atoms with E-state index in [9.17, 15) is 22.4 Å². The van der Waals surface area contributed by atoms with Gasteiger partial charge in [0.2, 0.25) is 5.91 Å². The van der Waals surface area contributed by atoms with Crippen molar-refractivity contribution >= 4 is 22.6 Å².